The normalized spacial score (nSPS) is 36.8. The molecule has 42 heavy (non-hydrogen) atoms. The number of hydrogen-bond acceptors (Lipinski definition) is 15. The van der Waals surface area contributed by atoms with E-state index in [0.717, 1.165) is 0 Å². The molecule has 0 spiro atoms. The van der Waals surface area contributed by atoms with E-state index in [4.69, 9.17) is 14.2 Å². The van der Waals surface area contributed by atoms with Crippen LogP contribution in [0.2, 0.25) is 0 Å². The lowest BCUT2D eigenvalue weighted by Crippen LogP contribution is -2.55. The molecule has 3 aliphatic rings. The van der Waals surface area contributed by atoms with Gasteiger partial charge in [0.05, 0.1) is 30.8 Å². The highest BCUT2D eigenvalue weighted by Crippen LogP contribution is 2.55. The fourth-order valence-corrected chi connectivity index (χ4v) is 5.67. The molecule has 0 aromatic heterocycles. The van der Waals surface area contributed by atoms with Crippen molar-refractivity contribution in [3.8, 4) is 23.0 Å². The Morgan fingerprint density at radius 3 is 1.67 bits per heavy atom. The summed E-state index contributed by atoms with van der Waals surface area (Å²) < 4.78 is 17.2. The molecule has 3 heterocycles. The van der Waals surface area contributed by atoms with Crippen LogP contribution in [0.15, 0.2) is 24.3 Å². The monoisotopic (exact) mass is 596 g/mol. The minimum atomic E-state index is -2.01. The number of rotatable bonds is 5. The number of ether oxygens (including phenoxy) is 3. The lowest BCUT2D eigenvalue weighted by atomic mass is 9.82. The highest BCUT2D eigenvalue weighted by molar-refractivity contribution is 6.04. The molecule has 0 amide bonds. The summed E-state index contributed by atoms with van der Waals surface area (Å²) in [7, 11) is 0. The maximum Gasteiger partial charge on any atom is 0.174 e. The van der Waals surface area contributed by atoms with Crippen LogP contribution in [0.3, 0.4) is 0 Å². The van der Waals surface area contributed by atoms with Gasteiger partial charge in [-0.25, -0.2) is 0 Å². The van der Waals surface area contributed by atoms with Gasteiger partial charge in [0.1, 0.15) is 95.7 Å². The van der Waals surface area contributed by atoms with Crippen LogP contribution in [0.5, 0.6) is 23.0 Å². The van der Waals surface area contributed by atoms with Gasteiger partial charge in [0.25, 0.3) is 0 Å². The number of benzene rings is 2. The van der Waals surface area contributed by atoms with Gasteiger partial charge in [0, 0.05) is 0 Å². The van der Waals surface area contributed by atoms with Crippen LogP contribution < -0.4 is 4.74 Å². The highest BCUT2D eigenvalue weighted by atomic mass is 16.6. The number of ketones is 1. The number of fused-ring (bicyclic) bond motifs is 1. The van der Waals surface area contributed by atoms with Crippen molar-refractivity contribution < 1.29 is 75.2 Å². The summed E-state index contributed by atoms with van der Waals surface area (Å²) >= 11 is 0. The van der Waals surface area contributed by atoms with Gasteiger partial charge in [-0.3, -0.25) is 4.79 Å². The van der Waals surface area contributed by atoms with Crippen molar-refractivity contribution in [2.45, 2.75) is 73.6 Å². The van der Waals surface area contributed by atoms with E-state index in [1.54, 1.807) is 0 Å². The van der Waals surface area contributed by atoms with Gasteiger partial charge in [-0.15, -0.1) is 0 Å². The molecule has 15 nitrogen and oxygen atoms in total. The maximum atomic E-state index is 13.5. The molecule has 11 N–H and O–H groups in total. The largest absolute Gasteiger partial charge is 0.508 e. The zero-order chi connectivity index (χ0) is 30.6. The quantitative estimate of drug-likeness (QED) is 0.171. The first-order valence-corrected chi connectivity index (χ1v) is 13.1. The second kappa shape index (κ2) is 11.5. The molecule has 11 atom stereocenters. The molecule has 2 aromatic rings. The Balaban J connectivity index is 1.72. The molecule has 0 radical (unpaired) electrons. The molecule has 230 valence electrons. The van der Waals surface area contributed by atoms with Crippen LogP contribution in [-0.2, 0) is 9.47 Å². The van der Waals surface area contributed by atoms with E-state index in [1.807, 2.05) is 0 Å². The third-order valence-electron chi connectivity index (χ3n) is 8.00. The van der Waals surface area contributed by atoms with E-state index in [-0.39, 0.29) is 12.2 Å². The first-order valence-electron chi connectivity index (χ1n) is 13.1. The van der Waals surface area contributed by atoms with E-state index in [2.05, 4.69) is 0 Å². The zero-order valence-electron chi connectivity index (χ0n) is 21.8. The van der Waals surface area contributed by atoms with Crippen molar-refractivity contribution in [1.82, 2.24) is 0 Å². The molecule has 5 rings (SSSR count). The van der Waals surface area contributed by atoms with Gasteiger partial charge in [0.2, 0.25) is 0 Å². The fraction of sp³-hybridized carbons (Fsp3) is 0.519. The molecule has 0 bridgehead atoms. The van der Waals surface area contributed by atoms with Gasteiger partial charge in [-0.2, -0.15) is 0 Å². The molecule has 0 unspecified atom stereocenters. The average molecular weight is 597 g/mol. The number of aliphatic hydroxyl groups is 8. The summed E-state index contributed by atoms with van der Waals surface area (Å²) in [5, 5.41) is 115. The van der Waals surface area contributed by atoms with Gasteiger partial charge >= 0.3 is 0 Å². The van der Waals surface area contributed by atoms with Gasteiger partial charge < -0.3 is 70.4 Å². The number of carbonyl (C=O) groups is 1. The topological polar surface area (TPSA) is 267 Å². The number of phenols is 3. The molecule has 3 aliphatic heterocycles. The summed E-state index contributed by atoms with van der Waals surface area (Å²) in [6.45, 7) is -1.68. The van der Waals surface area contributed by atoms with Crippen molar-refractivity contribution in [2.75, 3.05) is 13.2 Å². The molecular weight excluding hydrogens is 564 g/mol. The van der Waals surface area contributed by atoms with Crippen molar-refractivity contribution in [3.05, 3.63) is 46.5 Å². The lowest BCUT2D eigenvalue weighted by molar-refractivity contribution is -0.234. The average Bonchev–Trinajstić information content (AvgIpc) is 2.97. The van der Waals surface area contributed by atoms with Gasteiger partial charge in [-0.1, -0.05) is 12.1 Å². The van der Waals surface area contributed by atoms with Crippen molar-refractivity contribution in [1.29, 1.82) is 0 Å². The first-order chi connectivity index (χ1) is 19.9. The predicted molar refractivity (Wildman–Crippen MR) is 136 cm³/mol. The van der Waals surface area contributed by atoms with E-state index < -0.39 is 120 Å². The third kappa shape index (κ3) is 4.87. The molecule has 2 saturated heterocycles. The van der Waals surface area contributed by atoms with Gasteiger partial charge in [0.15, 0.2) is 5.78 Å². The van der Waals surface area contributed by atoms with Crippen LogP contribution in [0.1, 0.15) is 51.8 Å². The standard InChI is InChI=1S/C27H32O15/c28-6-12-17(32)21(36)23(38)26(41-12)15-19(34)14-10(31)5-11(8-1-3-9(30)4-2-8)40-25(14)16(20(15)35)27-24(39)22(37)18(33)13(7-29)42-27/h1-4,11-13,17-18,21-24,26-30,32-39H,5-7H2/t11-,12-,13+,17-,18-,21+,22+,23-,24-,26+,27+/m1/s1. The summed E-state index contributed by atoms with van der Waals surface area (Å²) in [5.41, 5.74) is -1.34. The second-order valence-electron chi connectivity index (χ2n) is 10.6. The van der Waals surface area contributed by atoms with Crippen molar-refractivity contribution in [3.63, 3.8) is 0 Å². The molecule has 0 saturated carbocycles. The summed E-state index contributed by atoms with van der Waals surface area (Å²) in [5.74, 6) is -3.21. The van der Waals surface area contributed by atoms with E-state index in [0.29, 0.717) is 5.56 Å². The summed E-state index contributed by atoms with van der Waals surface area (Å²) in [6, 6.07) is 5.62. The molecule has 0 aliphatic carbocycles. The van der Waals surface area contributed by atoms with Crippen LogP contribution in [-0.4, -0.2) is 124 Å². The van der Waals surface area contributed by atoms with E-state index >= 15 is 0 Å². The Bertz CT molecular complexity index is 1310. The number of aliphatic hydroxyl groups excluding tert-OH is 8. The van der Waals surface area contributed by atoms with Crippen LogP contribution in [0, 0.1) is 0 Å². The van der Waals surface area contributed by atoms with E-state index in [1.165, 1.54) is 24.3 Å². The van der Waals surface area contributed by atoms with Crippen LogP contribution >= 0.6 is 0 Å². The minimum Gasteiger partial charge on any atom is -0.508 e. The Kier molecular flexibility index (Phi) is 8.34. The summed E-state index contributed by atoms with van der Waals surface area (Å²) in [4.78, 5) is 13.5. The summed E-state index contributed by atoms with van der Waals surface area (Å²) in [6.07, 6.45) is -19.4. The first kappa shape index (κ1) is 30.4. The molecule has 2 fully saturated rings. The smallest absolute Gasteiger partial charge is 0.174 e. The highest BCUT2D eigenvalue weighted by Gasteiger charge is 2.51. The number of carbonyl (C=O) groups excluding carboxylic acids is 1. The predicted octanol–water partition coefficient (Wildman–Crippen LogP) is -2.46. The van der Waals surface area contributed by atoms with Gasteiger partial charge in [-0.05, 0) is 17.7 Å². The molecular formula is C27H32O15. The fourth-order valence-electron chi connectivity index (χ4n) is 5.67. The molecule has 2 aromatic carbocycles. The number of aromatic hydroxyl groups is 3. The number of phenolic OH excluding ortho intramolecular Hbond substituents is 3. The number of hydrogen-bond donors (Lipinski definition) is 11. The van der Waals surface area contributed by atoms with Crippen LogP contribution in [0.25, 0.3) is 0 Å². The van der Waals surface area contributed by atoms with E-state index in [9.17, 15) is 61.0 Å². The Hall–Kier alpha value is -3.09. The minimum absolute atomic E-state index is 0.0669. The number of Topliss-reactive ketones (excluding diaryl/α,β-unsaturated/α-hetero) is 1. The third-order valence-corrected chi connectivity index (χ3v) is 8.00. The Morgan fingerprint density at radius 1 is 0.667 bits per heavy atom. The van der Waals surface area contributed by atoms with Crippen LogP contribution in [0.4, 0.5) is 0 Å². The zero-order valence-corrected chi connectivity index (χ0v) is 21.8. The SMILES string of the molecule is O=C1C[C@H](c2ccc(O)cc2)Oc2c1c(O)c([C@@H]1O[C@H](CO)[C@@H](O)[C@H](O)[C@H]1O)c(O)c2[C@@H]1O[C@@H](CO)[C@@H](O)[C@H](O)[C@H]1O. The maximum absolute atomic E-state index is 13.5. The van der Waals surface area contributed by atoms with Crippen molar-refractivity contribution >= 4 is 5.78 Å². The molecule has 15 heteroatoms. The lowest BCUT2D eigenvalue weighted by Gasteiger charge is -2.43. The Labute approximate surface area is 237 Å². The Morgan fingerprint density at radius 2 is 1.17 bits per heavy atom. The van der Waals surface area contributed by atoms with Crippen molar-refractivity contribution in [2.24, 2.45) is 0 Å². The second-order valence-corrected chi connectivity index (χ2v) is 10.6.